The Labute approximate surface area is 255 Å². The van der Waals surface area contributed by atoms with Gasteiger partial charge in [0.1, 0.15) is 10.1 Å². The number of halogens is 1. The molecule has 0 heterocycles. The third-order valence-corrected chi connectivity index (χ3v) is 10.9. The number of hydrogen-bond donors (Lipinski definition) is 1. The Hall–Kier alpha value is -1.69. The Morgan fingerprint density at radius 1 is 1.23 bits per heavy atom. The Morgan fingerprint density at radius 2 is 1.93 bits per heavy atom. The first-order valence-electron chi connectivity index (χ1n) is 13.2. The third kappa shape index (κ3) is 4.68. The van der Waals surface area contributed by atoms with Gasteiger partial charge >= 0.3 is 35.5 Å². The molecule has 0 amide bonds. The molecule has 1 N–H and O–H groups in total. The zero-order chi connectivity index (χ0) is 28.5. The van der Waals surface area contributed by atoms with Crippen LogP contribution < -0.4 is 29.6 Å². The van der Waals surface area contributed by atoms with Crippen LogP contribution in [-0.4, -0.2) is 54.0 Å². The van der Waals surface area contributed by atoms with E-state index in [4.69, 9.17) is 4.74 Å². The van der Waals surface area contributed by atoms with Crippen molar-refractivity contribution in [3.8, 4) is 0 Å². The van der Waals surface area contributed by atoms with Crippen molar-refractivity contribution in [3.05, 3.63) is 53.6 Å². The van der Waals surface area contributed by atoms with Crippen molar-refractivity contribution < 1.29 is 71.1 Å². The maximum absolute atomic E-state index is 17.2. The Bertz CT molecular complexity index is 1420. The summed E-state index contributed by atoms with van der Waals surface area (Å²) in [6.07, 6.45) is 4.69. The monoisotopic (exact) mass is 582 g/mol. The predicted molar refractivity (Wildman–Crippen MR) is 136 cm³/mol. The zero-order valence-electron chi connectivity index (χ0n) is 23.1. The van der Waals surface area contributed by atoms with Crippen LogP contribution in [0.4, 0.5) is 4.39 Å². The maximum atomic E-state index is 17.2. The van der Waals surface area contributed by atoms with Gasteiger partial charge in [-0.2, -0.15) is 0 Å². The number of benzene rings is 1. The van der Waals surface area contributed by atoms with E-state index in [1.807, 2.05) is 13.8 Å². The van der Waals surface area contributed by atoms with Gasteiger partial charge in [0, 0.05) is 17.3 Å². The van der Waals surface area contributed by atoms with E-state index in [1.165, 1.54) is 24.3 Å². The smallest absolute Gasteiger partial charge is 0.744 e. The van der Waals surface area contributed by atoms with Crippen molar-refractivity contribution in [3.63, 3.8) is 0 Å². The van der Waals surface area contributed by atoms with Crippen molar-refractivity contribution in [1.82, 2.24) is 0 Å². The summed E-state index contributed by atoms with van der Waals surface area (Å²) < 4.78 is 56.3. The number of rotatable bonds is 5. The molecule has 0 bridgehead atoms. The number of hydrogen-bond acceptors (Lipinski definition) is 8. The minimum Gasteiger partial charge on any atom is -0.744 e. The van der Waals surface area contributed by atoms with Crippen LogP contribution >= 0.6 is 0 Å². The number of allylic oxidation sites excluding steroid dienone is 4. The number of ketones is 2. The van der Waals surface area contributed by atoms with E-state index >= 15 is 4.39 Å². The molecule has 3 saturated carbocycles. The molecule has 3 fully saturated rings. The SMILES string of the molecule is CC1CC2C3CCC4=CC(=O)C=CC4(C)C3(F)C(O)CC2(C)C1C(=O)COC(=O)c1cccc(S(=O)(=O)[O-])c1.[Na+]. The molecule has 40 heavy (non-hydrogen) atoms. The van der Waals surface area contributed by atoms with Gasteiger partial charge in [0.2, 0.25) is 0 Å². The Morgan fingerprint density at radius 3 is 2.60 bits per heavy atom. The molecule has 8 atom stereocenters. The molecule has 0 radical (unpaired) electrons. The number of carbonyl (C=O) groups excluding carboxylic acids is 3. The number of fused-ring (bicyclic) bond motifs is 5. The standard InChI is InChI=1S/C29H33FO8S.Na/c1-16-11-22-21-8-7-18-13-19(31)9-10-28(18,3)29(21,30)24(33)14-27(22,2)25(16)23(32)15-38-26(34)17-5-4-6-20(12-17)39(35,36)37;/h4-6,9-10,12-13,16,21-22,24-25,33H,7-8,11,14-15H2,1-3H3,(H,35,36,37);/q;+1/p-1. The molecule has 0 aliphatic heterocycles. The molecule has 4 aliphatic carbocycles. The van der Waals surface area contributed by atoms with Gasteiger partial charge in [-0.25, -0.2) is 17.6 Å². The molecule has 0 saturated heterocycles. The van der Waals surface area contributed by atoms with E-state index in [0.29, 0.717) is 24.8 Å². The van der Waals surface area contributed by atoms with Gasteiger partial charge < -0.3 is 14.4 Å². The van der Waals surface area contributed by atoms with Crippen LogP contribution in [0.5, 0.6) is 0 Å². The number of Topliss-reactive ketones (excluding diaryl/α,β-unsaturated/α-hetero) is 1. The van der Waals surface area contributed by atoms with Gasteiger partial charge in [-0.05, 0) is 80.2 Å². The number of aliphatic hydroxyl groups excluding tert-OH is 1. The van der Waals surface area contributed by atoms with E-state index in [1.54, 1.807) is 13.0 Å². The molecule has 0 aromatic heterocycles. The fourth-order valence-electron chi connectivity index (χ4n) is 8.35. The van der Waals surface area contributed by atoms with E-state index < -0.39 is 62.0 Å². The number of ether oxygens (including phenoxy) is 1. The molecular formula is C29H32FNaO8S. The van der Waals surface area contributed by atoms with Crippen LogP contribution in [0.1, 0.15) is 56.8 Å². The van der Waals surface area contributed by atoms with E-state index in [9.17, 15) is 32.5 Å². The Balaban J connectivity index is 0.00000370. The maximum Gasteiger partial charge on any atom is 1.00 e. The zero-order valence-corrected chi connectivity index (χ0v) is 25.9. The second-order valence-corrected chi connectivity index (χ2v) is 13.4. The number of aliphatic hydroxyl groups is 1. The average molecular weight is 583 g/mol. The summed E-state index contributed by atoms with van der Waals surface area (Å²) in [4.78, 5) is 37.5. The summed E-state index contributed by atoms with van der Waals surface area (Å²) in [6, 6.07) is 4.50. The van der Waals surface area contributed by atoms with E-state index in [2.05, 4.69) is 0 Å². The van der Waals surface area contributed by atoms with Crippen molar-refractivity contribution in [2.24, 2.45) is 34.5 Å². The normalized spacial score (nSPS) is 38.3. The largest absolute Gasteiger partial charge is 1.00 e. The van der Waals surface area contributed by atoms with Gasteiger partial charge in [0.25, 0.3) is 0 Å². The van der Waals surface area contributed by atoms with Gasteiger partial charge in [-0.3, -0.25) is 9.59 Å². The quantitative estimate of drug-likeness (QED) is 0.302. The first kappa shape index (κ1) is 31.3. The fourth-order valence-corrected chi connectivity index (χ4v) is 8.87. The second-order valence-electron chi connectivity index (χ2n) is 12.1. The molecule has 210 valence electrons. The minimum atomic E-state index is -4.77. The average Bonchev–Trinajstić information content (AvgIpc) is 3.12. The third-order valence-electron chi connectivity index (χ3n) is 10.0. The van der Waals surface area contributed by atoms with Gasteiger partial charge in [-0.1, -0.05) is 31.6 Å². The first-order chi connectivity index (χ1) is 18.1. The molecule has 1 aromatic carbocycles. The number of alkyl halides is 1. The summed E-state index contributed by atoms with van der Waals surface area (Å²) in [7, 11) is -4.77. The Kier molecular flexibility index (Phi) is 8.24. The molecule has 11 heteroatoms. The number of esters is 1. The van der Waals surface area contributed by atoms with Crippen LogP contribution in [0.15, 0.2) is 53.0 Å². The van der Waals surface area contributed by atoms with Crippen LogP contribution in [0.2, 0.25) is 0 Å². The minimum absolute atomic E-state index is 0. The van der Waals surface area contributed by atoms with Crippen LogP contribution in [-0.2, 0) is 24.4 Å². The van der Waals surface area contributed by atoms with Crippen LogP contribution in [0.25, 0.3) is 0 Å². The van der Waals surface area contributed by atoms with Gasteiger partial charge in [0.05, 0.1) is 16.6 Å². The first-order valence-corrected chi connectivity index (χ1v) is 14.6. The summed E-state index contributed by atoms with van der Waals surface area (Å²) >= 11 is 0. The number of carbonyl (C=O) groups is 3. The summed E-state index contributed by atoms with van der Waals surface area (Å²) in [6.45, 7) is 5.00. The summed E-state index contributed by atoms with van der Waals surface area (Å²) in [5, 5.41) is 11.4. The fraction of sp³-hybridized carbons (Fsp3) is 0.552. The topological polar surface area (TPSA) is 138 Å². The van der Waals surface area contributed by atoms with Gasteiger partial charge in [-0.15, -0.1) is 0 Å². The summed E-state index contributed by atoms with van der Waals surface area (Å²) in [5.41, 5.74) is -3.31. The molecule has 5 rings (SSSR count). The van der Waals surface area contributed by atoms with Gasteiger partial charge in [0.15, 0.2) is 23.8 Å². The molecule has 8 nitrogen and oxygen atoms in total. The van der Waals surface area contributed by atoms with Crippen molar-refractivity contribution in [2.45, 2.75) is 63.1 Å². The predicted octanol–water partition coefficient (Wildman–Crippen LogP) is 0.554. The van der Waals surface area contributed by atoms with Crippen LogP contribution in [0, 0.1) is 34.5 Å². The molecule has 8 unspecified atom stereocenters. The molecular weight excluding hydrogens is 550 g/mol. The van der Waals surface area contributed by atoms with Crippen LogP contribution in [0.3, 0.4) is 0 Å². The van der Waals surface area contributed by atoms with Crippen molar-refractivity contribution >= 4 is 27.7 Å². The van der Waals surface area contributed by atoms with E-state index in [-0.39, 0.29) is 64.9 Å². The van der Waals surface area contributed by atoms with E-state index in [0.717, 1.165) is 12.1 Å². The summed E-state index contributed by atoms with van der Waals surface area (Å²) in [5.74, 6) is -2.93. The second kappa shape index (κ2) is 10.5. The molecule has 4 aliphatic rings. The molecule has 0 spiro atoms. The molecule has 1 aromatic rings. The van der Waals surface area contributed by atoms with Crippen molar-refractivity contribution in [2.75, 3.05) is 6.61 Å². The van der Waals surface area contributed by atoms with Crippen molar-refractivity contribution in [1.29, 1.82) is 0 Å².